The van der Waals surface area contributed by atoms with Crippen LogP contribution in [0.15, 0.2) is 35.9 Å². The van der Waals surface area contributed by atoms with Gasteiger partial charge in [-0.15, -0.1) is 0 Å². The van der Waals surface area contributed by atoms with Crippen molar-refractivity contribution in [1.29, 1.82) is 0 Å². The molecule has 0 fully saturated rings. The minimum absolute atomic E-state index is 0.103. The molecule has 0 spiro atoms. The Morgan fingerprint density at radius 1 is 1.25 bits per heavy atom. The van der Waals surface area contributed by atoms with Crippen LogP contribution < -0.4 is 15.7 Å². The highest BCUT2D eigenvalue weighted by Gasteiger charge is 2.18. The van der Waals surface area contributed by atoms with Gasteiger partial charge in [-0.05, 0) is 49.9 Å². The number of quaternary nitrogens is 1. The number of anilines is 1. The molecule has 4 N–H and O–H groups in total. The maximum atomic E-state index is 12.0. The van der Waals surface area contributed by atoms with Crippen LogP contribution in [0.5, 0.6) is 5.75 Å². The van der Waals surface area contributed by atoms with Crippen molar-refractivity contribution in [2.24, 2.45) is 0 Å². The van der Waals surface area contributed by atoms with Gasteiger partial charge in [0.2, 0.25) is 5.91 Å². The largest absolute Gasteiger partial charge is 0.544 e. The van der Waals surface area contributed by atoms with Gasteiger partial charge in [-0.25, -0.2) is 0 Å². The van der Waals surface area contributed by atoms with E-state index in [1.165, 1.54) is 30.5 Å². The molecule has 6 heteroatoms. The van der Waals surface area contributed by atoms with Crippen LogP contribution in [-0.2, 0) is 9.59 Å². The molecular formula is C18H24N2O4. The molecule has 0 unspecified atom stereocenters. The number of phenolic OH excluding ortho intramolecular Hbond substituents is 1. The average Bonchev–Trinajstić information content (AvgIpc) is 2.57. The summed E-state index contributed by atoms with van der Waals surface area (Å²) in [6.07, 6.45) is 7.56. The van der Waals surface area contributed by atoms with Gasteiger partial charge in [0.25, 0.3) is 0 Å². The summed E-state index contributed by atoms with van der Waals surface area (Å²) in [4.78, 5) is 23.2. The number of hydrogen-bond acceptors (Lipinski definition) is 4. The van der Waals surface area contributed by atoms with E-state index in [-0.39, 0.29) is 18.1 Å². The van der Waals surface area contributed by atoms with Crippen molar-refractivity contribution in [3.8, 4) is 5.75 Å². The molecule has 1 atom stereocenters. The standard InChI is InChI=1S/C18H24N2O4/c21-15-8-6-14(7-9-15)20-17(22)12-16(18(23)24)19-11-10-13-4-2-1-3-5-13/h4,6-9,16,19,21H,1-3,5,10-12H2,(H,20,22)(H,23,24)/t16-/m1/s1. The zero-order valence-electron chi connectivity index (χ0n) is 13.7. The summed E-state index contributed by atoms with van der Waals surface area (Å²) in [7, 11) is 0. The topological polar surface area (TPSA) is 106 Å². The summed E-state index contributed by atoms with van der Waals surface area (Å²) >= 11 is 0. The van der Waals surface area contributed by atoms with Crippen LogP contribution in [0.2, 0.25) is 0 Å². The summed E-state index contributed by atoms with van der Waals surface area (Å²) in [5.74, 6) is -1.51. The second-order valence-electron chi connectivity index (χ2n) is 6.11. The van der Waals surface area contributed by atoms with Crippen LogP contribution in [0.1, 0.15) is 38.5 Å². The molecule has 1 aromatic carbocycles. The van der Waals surface area contributed by atoms with Gasteiger partial charge in [-0.1, -0.05) is 11.6 Å². The molecule has 0 bridgehead atoms. The number of carboxylic acid groups (broad SMARTS) is 1. The van der Waals surface area contributed by atoms with Crippen LogP contribution in [0, 0.1) is 0 Å². The Morgan fingerprint density at radius 3 is 2.62 bits per heavy atom. The molecule has 0 heterocycles. The second-order valence-corrected chi connectivity index (χ2v) is 6.11. The molecule has 24 heavy (non-hydrogen) atoms. The van der Waals surface area contributed by atoms with Crippen LogP contribution in [0.3, 0.4) is 0 Å². The molecule has 0 aromatic heterocycles. The lowest BCUT2D eigenvalue weighted by Crippen LogP contribution is -2.93. The number of rotatable bonds is 8. The van der Waals surface area contributed by atoms with Gasteiger partial charge < -0.3 is 25.6 Å². The third-order valence-corrected chi connectivity index (χ3v) is 4.16. The maximum Gasteiger partial charge on any atom is 0.230 e. The molecule has 1 aliphatic rings. The van der Waals surface area contributed by atoms with Crippen molar-refractivity contribution >= 4 is 17.6 Å². The Morgan fingerprint density at radius 2 is 2.00 bits per heavy atom. The number of carbonyl (C=O) groups is 2. The van der Waals surface area contributed by atoms with Gasteiger partial charge in [-0.2, -0.15) is 0 Å². The van der Waals surface area contributed by atoms with Crippen molar-refractivity contribution < 1.29 is 25.1 Å². The molecular weight excluding hydrogens is 308 g/mol. The number of amides is 1. The van der Waals surface area contributed by atoms with Gasteiger partial charge >= 0.3 is 0 Å². The molecule has 1 aromatic rings. The van der Waals surface area contributed by atoms with E-state index in [0.717, 1.165) is 19.3 Å². The summed E-state index contributed by atoms with van der Waals surface area (Å²) in [5, 5.41) is 24.7. The van der Waals surface area contributed by atoms with Crippen LogP contribution in [-0.4, -0.2) is 29.6 Å². The van der Waals surface area contributed by atoms with Crippen molar-refractivity contribution in [3.63, 3.8) is 0 Å². The Hall–Kier alpha value is -2.34. The molecule has 2 rings (SSSR count). The first kappa shape index (κ1) is 18.0. The Kier molecular flexibility index (Phi) is 6.81. The number of nitrogens with one attached hydrogen (secondary N) is 1. The van der Waals surface area contributed by atoms with Gasteiger partial charge in [0.05, 0.1) is 18.9 Å². The minimum Gasteiger partial charge on any atom is -0.544 e. The smallest absolute Gasteiger partial charge is 0.230 e. The van der Waals surface area contributed by atoms with E-state index in [4.69, 9.17) is 0 Å². The average molecular weight is 332 g/mol. The fourth-order valence-electron chi connectivity index (χ4n) is 2.82. The number of aromatic hydroxyl groups is 1. The van der Waals surface area contributed by atoms with Gasteiger partial charge in [0, 0.05) is 12.1 Å². The molecule has 1 aliphatic carbocycles. The zero-order valence-corrected chi connectivity index (χ0v) is 13.7. The van der Waals surface area contributed by atoms with E-state index in [2.05, 4.69) is 11.4 Å². The van der Waals surface area contributed by atoms with Gasteiger partial charge in [-0.3, -0.25) is 4.79 Å². The highest BCUT2D eigenvalue weighted by Crippen LogP contribution is 2.19. The fourth-order valence-corrected chi connectivity index (χ4v) is 2.82. The fraction of sp³-hybridized carbons (Fsp3) is 0.444. The van der Waals surface area contributed by atoms with E-state index in [9.17, 15) is 19.8 Å². The molecule has 6 nitrogen and oxygen atoms in total. The first-order chi connectivity index (χ1) is 11.5. The number of benzene rings is 1. The number of allylic oxidation sites excluding steroid dienone is 1. The molecule has 0 saturated carbocycles. The van der Waals surface area contributed by atoms with Crippen LogP contribution in [0.4, 0.5) is 5.69 Å². The lowest BCUT2D eigenvalue weighted by Gasteiger charge is -2.18. The van der Waals surface area contributed by atoms with Gasteiger partial charge in [0.15, 0.2) is 0 Å². The molecule has 1 amide bonds. The normalized spacial score (nSPS) is 15.4. The SMILES string of the molecule is O=C(C[C@@H]([NH2+]CCC1=CCCCC1)C(=O)[O-])Nc1ccc(O)cc1. The van der Waals surface area contributed by atoms with Gasteiger partial charge in [0.1, 0.15) is 11.8 Å². The molecule has 0 aliphatic heterocycles. The number of carbonyl (C=O) groups excluding carboxylic acids is 2. The molecule has 0 radical (unpaired) electrons. The third-order valence-electron chi connectivity index (χ3n) is 4.16. The van der Waals surface area contributed by atoms with Crippen molar-refractivity contribution in [3.05, 3.63) is 35.9 Å². The van der Waals surface area contributed by atoms with E-state index in [0.29, 0.717) is 12.2 Å². The van der Waals surface area contributed by atoms with E-state index in [1.807, 2.05) is 0 Å². The lowest BCUT2D eigenvalue weighted by atomic mass is 9.97. The zero-order chi connectivity index (χ0) is 17.4. The first-order valence-corrected chi connectivity index (χ1v) is 8.35. The van der Waals surface area contributed by atoms with Crippen molar-refractivity contribution in [2.75, 3.05) is 11.9 Å². The number of carboxylic acids is 1. The highest BCUT2D eigenvalue weighted by molar-refractivity contribution is 5.93. The summed E-state index contributed by atoms with van der Waals surface area (Å²) in [5.41, 5.74) is 1.89. The van der Waals surface area contributed by atoms with Crippen molar-refractivity contribution in [1.82, 2.24) is 0 Å². The molecule has 0 saturated heterocycles. The quantitative estimate of drug-likeness (QED) is 0.470. The predicted molar refractivity (Wildman–Crippen MR) is 88.1 cm³/mol. The van der Waals surface area contributed by atoms with E-state index < -0.39 is 12.0 Å². The highest BCUT2D eigenvalue weighted by atomic mass is 16.4. The number of nitrogens with two attached hydrogens (primary N) is 1. The Bertz CT molecular complexity index is 596. The Balaban J connectivity index is 1.79. The predicted octanol–water partition coefficient (Wildman–Crippen LogP) is 0.293. The van der Waals surface area contributed by atoms with Crippen LogP contribution in [0.25, 0.3) is 0 Å². The maximum absolute atomic E-state index is 12.0. The second kappa shape index (κ2) is 9.08. The number of phenols is 1. The van der Waals surface area contributed by atoms with Crippen molar-refractivity contribution in [2.45, 2.75) is 44.6 Å². The first-order valence-electron chi connectivity index (χ1n) is 8.35. The minimum atomic E-state index is -1.23. The third kappa shape index (κ3) is 6.04. The van der Waals surface area contributed by atoms with E-state index in [1.54, 1.807) is 17.4 Å². The summed E-state index contributed by atoms with van der Waals surface area (Å²) in [6, 6.07) is 5.12. The van der Waals surface area contributed by atoms with E-state index >= 15 is 0 Å². The lowest BCUT2D eigenvalue weighted by molar-refractivity contribution is -0.682. The molecule has 130 valence electrons. The van der Waals surface area contributed by atoms with Crippen LogP contribution >= 0.6 is 0 Å². The number of hydrogen-bond donors (Lipinski definition) is 3. The summed E-state index contributed by atoms with van der Waals surface area (Å²) < 4.78 is 0. The number of aliphatic carboxylic acids is 1. The Labute approximate surface area is 141 Å². The summed E-state index contributed by atoms with van der Waals surface area (Å²) in [6.45, 7) is 0.636. The monoisotopic (exact) mass is 332 g/mol.